The van der Waals surface area contributed by atoms with E-state index in [1.165, 1.54) is 24.2 Å². The maximum absolute atomic E-state index is 4.37. The predicted octanol–water partition coefficient (Wildman–Crippen LogP) is 1.76. The van der Waals surface area contributed by atoms with E-state index in [1.54, 1.807) is 12.4 Å². The van der Waals surface area contributed by atoms with Crippen molar-refractivity contribution in [3.8, 4) is 0 Å². The van der Waals surface area contributed by atoms with Crippen molar-refractivity contribution in [1.82, 2.24) is 14.9 Å². The highest BCUT2D eigenvalue weighted by atomic mass is 15.1. The number of rotatable bonds is 0. The van der Waals surface area contributed by atoms with Gasteiger partial charge in [-0.05, 0) is 30.3 Å². The quantitative estimate of drug-likeness (QED) is 0.665. The van der Waals surface area contributed by atoms with Gasteiger partial charge in [-0.3, -0.25) is 9.97 Å². The molecule has 0 spiro atoms. The molecule has 3 nitrogen and oxygen atoms in total. The second-order valence-corrected chi connectivity index (χ2v) is 4.96. The van der Waals surface area contributed by atoms with Crippen LogP contribution in [0.3, 0.4) is 0 Å². The molecule has 0 N–H and O–H groups in total. The summed E-state index contributed by atoms with van der Waals surface area (Å²) < 4.78 is 0. The van der Waals surface area contributed by atoms with Crippen molar-refractivity contribution >= 4 is 11.0 Å². The minimum Gasteiger partial charge on any atom is -0.305 e. The molecular formula is C13H13N3. The summed E-state index contributed by atoms with van der Waals surface area (Å²) in [5, 5.41) is 0. The van der Waals surface area contributed by atoms with Gasteiger partial charge >= 0.3 is 0 Å². The van der Waals surface area contributed by atoms with Gasteiger partial charge in [0.2, 0.25) is 0 Å². The highest BCUT2D eigenvalue weighted by Crippen LogP contribution is 2.51. The Balaban J connectivity index is 1.92. The molecule has 2 atom stereocenters. The van der Waals surface area contributed by atoms with E-state index in [2.05, 4.69) is 34.0 Å². The van der Waals surface area contributed by atoms with Crippen LogP contribution >= 0.6 is 0 Å². The molecule has 0 bridgehead atoms. The van der Waals surface area contributed by atoms with E-state index in [-0.39, 0.29) is 0 Å². The summed E-state index contributed by atoms with van der Waals surface area (Å²) in [6.45, 7) is 2.40. The molecule has 2 heterocycles. The summed E-state index contributed by atoms with van der Waals surface area (Å²) in [6, 6.07) is 4.47. The maximum Gasteiger partial charge on any atom is 0.0889 e. The van der Waals surface area contributed by atoms with Gasteiger partial charge in [-0.15, -0.1) is 0 Å². The first-order valence-corrected chi connectivity index (χ1v) is 5.76. The first-order valence-electron chi connectivity index (χ1n) is 5.76. The Bertz CT molecular complexity index is 528. The zero-order valence-electron chi connectivity index (χ0n) is 9.22. The number of hydrogen-bond donors (Lipinski definition) is 0. The number of benzene rings is 1. The minimum atomic E-state index is 0.742. The lowest BCUT2D eigenvalue weighted by atomic mass is 9.70. The number of likely N-dealkylation sites (tertiary alicyclic amines) is 1. The SMILES string of the molecule is CN1CC2c3cc4nccnc4cc3C2C1. The number of aromatic nitrogens is 2. The molecule has 1 aliphatic carbocycles. The largest absolute Gasteiger partial charge is 0.305 e. The van der Waals surface area contributed by atoms with Crippen LogP contribution in [0.4, 0.5) is 0 Å². The van der Waals surface area contributed by atoms with Gasteiger partial charge in [-0.1, -0.05) is 0 Å². The molecule has 1 aromatic heterocycles. The Morgan fingerprint density at radius 1 is 1.00 bits per heavy atom. The molecule has 2 unspecified atom stereocenters. The zero-order chi connectivity index (χ0) is 10.7. The first-order chi connectivity index (χ1) is 7.83. The lowest BCUT2D eigenvalue weighted by molar-refractivity contribution is 0.412. The van der Waals surface area contributed by atoms with Crippen LogP contribution in [-0.2, 0) is 0 Å². The van der Waals surface area contributed by atoms with Crippen LogP contribution in [0.2, 0.25) is 0 Å². The van der Waals surface area contributed by atoms with Crippen molar-refractivity contribution in [2.75, 3.05) is 20.1 Å². The van der Waals surface area contributed by atoms with Gasteiger partial charge in [0, 0.05) is 37.3 Å². The number of nitrogens with zero attached hydrogens (tertiary/aromatic N) is 3. The molecule has 2 aromatic rings. The number of likely N-dealkylation sites (N-methyl/N-ethyl adjacent to an activating group) is 1. The number of hydrogen-bond acceptors (Lipinski definition) is 3. The molecule has 2 aliphatic rings. The fourth-order valence-corrected chi connectivity index (χ4v) is 3.22. The normalized spacial score (nSPS) is 27.6. The van der Waals surface area contributed by atoms with Crippen molar-refractivity contribution in [3.63, 3.8) is 0 Å². The van der Waals surface area contributed by atoms with Crippen LogP contribution in [0, 0.1) is 0 Å². The van der Waals surface area contributed by atoms with Crippen molar-refractivity contribution in [1.29, 1.82) is 0 Å². The van der Waals surface area contributed by atoms with Gasteiger partial charge in [0.15, 0.2) is 0 Å². The monoisotopic (exact) mass is 211 g/mol. The smallest absolute Gasteiger partial charge is 0.0889 e. The van der Waals surface area contributed by atoms with E-state index >= 15 is 0 Å². The van der Waals surface area contributed by atoms with E-state index in [0.717, 1.165) is 22.9 Å². The van der Waals surface area contributed by atoms with Crippen molar-refractivity contribution < 1.29 is 0 Å². The van der Waals surface area contributed by atoms with Crippen molar-refractivity contribution in [2.45, 2.75) is 11.8 Å². The highest BCUT2D eigenvalue weighted by Gasteiger charge is 2.43. The first kappa shape index (κ1) is 8.65. The van der Waals surface area contributed by atoms with Crippen LogP contribution in [0.15, 0.2) is 24.5 Å². The van der Waals surface area contributed by atoms with Crippen molar-refractivity contribution in [3.05, 3.63) is 35.7 Å². The molecule has 1 aliphatic heterocycles. The molecule has 16 heavy (non-hydrogen) atoms. The van der Waals surface area contributed by atoms with Gasteiger partial charge in [0.25, 0.3) is 0 Å². The molecule has 0 amide bonds. The summed E-state index contributed by atoms with van der Waals surface area (Å²) in [5.41, 5.74) is 5.08. The summed E-state index contributed by atoms with van der Waals surface area (Å²) in [4.78, 5) is 11.2. The second-order valence-electron chi connectivity index (χ2n) is 4.96. The predicted molar refractivity (Wildman–Crippen MR) is 62.5 cm³/mol. The molecule has 1 fully saturated rings. The second kappa shape index (κ2) is 2.80. The molecule has 80 valence electrons. The fourth-order valence-electron chi connectivity index (χ4n) is 3.22. The summed E-state index contributed by atoms with van der Waals surface area (Å²) in [7, 11) is 2.20. The molecular weight excluding hydrogens is 198 g/mol. The average Bonchev–Trinajstić information content (AvgIpc) is 2.65. The Morgan fingerprint density at radius 2 is 1.50 bits per heavy atom. The van der Waals surface area contributed by atoms with E-state index < -0.39 is 0 Å². The maximum atomic E-state index is 4.37. The Morgan fingerprint density at radius 3 is 2.00 bits per heavy atom. The van der Waals surface area contributed by atoms with E-state index in [9.17, 15) is 0 Å². The van der Waals surface area contributed by atoms with Crippen LogP contribution in [0.5, 0.6) is 0 Å². The highest BCUT2D eigenvalue weighted by molar-refractivity contribution is 5.78. The van der Waals surface area contributed by atoms with Crippen molar-refractivity contribution in [2.24, 2.45) is 0 Å². The molecule has 4 rings (SSSR count). The summed E-state index contributed by atoms with van der Waals surface area (Å²) >= 11 is 0. The Hall–Kier alpha value is -1.48. The van der Waals surface area contributed by atoms with Crippen LogP contribution in [0.25, 0.3) is 11.0 Å². The fraction of sp³-hybridized carbons (Fsp3) is 0.385. The standard InChI is InChI=1S/C13H13N3/c1-16-6-10-8-4-12-13(15-3-2-14-12)5-9(8)11(10)7-16/h2-5,10-11H,6-7H2,1H3. The molecule has 0 radical (unpaired) electrons. The molecule has 0 saturated carbocycles. The van der Waals surface area contributed by atoms with Gasteiger partial charge in [-0.25, -0.2) is 0 Å². The van der Waals surface area contributed by atoms with Gasteiger partial charge in [-0.2, -0.15) is 0 Å². The Kier molecular flexibility index (Phi) is 1.51. The van der Waals surface area contributed by atoms with E-state index in [1.807, 2.05) is 0 Å². The molecule has 1 aromatic carbocycles. The third-order valence-corrected chi connectivity index (χ3v) is 3.98. The lowest BCUT2D eigenvalue weighted by Gasteiger charge is -2.33. The molecule has 1 saturated heterocycles. The molecule has 3 heteroatoms. The third kappa shape index (κ3) is 0.964. The lowest BCUT2D eigenvalue weighted by Crippen LogP contribution is -2.22. The van der Waals surface area contributed by atoms with Gasteiger partial charge in [0.05, 0.1) is 11.0 Å². The Labute approximate surface area is 94.1 Å². The third-order valence-electron chi connectivity index (χ3n) is 3.98. The summed E-state index contributed by atoms with van der Waals surface area (Å²) in [6.07, 6.45) is 3.54. The summed E-state index contributed by atoms with van der Waals surface area (Å²) in [5.74, 6) is 1.48. The van der Waals surface area contributed by atoms with E-state index in [4.69, 9.17) is 0 Å². The topological polar surface area (TPSA) is 29.0 Å². The van der Waals surface area contributed by atoms with Gasteiger partial charge < -0.3 is 4.90 Å². The minimum absolute atomic E-state index is 0.742. The van der Waals surface area contributed by atoms with Gasteiger partial charge in [0.1, 0.15) is 0 Å². The van der Waals surface area contributed by atoms with Crippen LogP contribution < -0.4 is 0 Å². The van der Waals surface area contributed by atoms with Crippen LogP contribution in [0.1, 0.15) is 23.0 Å². The van der Waals surface area contributed by atoms with E-state index in [0.29, 0.717) is 0 Å². The zero-order valence-corrected chi connectivity index (χ0v) is 9.22. The average molecular weight is 211 g/mol. The number of fused-ring (bicyclic) bond motifs is 5. The van der Waals surface area contributed by atoms with Crippen LogP contribution in [-0.4, -0.2) is 35.0 Å².